The van der Waals surface area contributed by atoms with Gasteiger partial charge in [0.2, 0.25) is 0 Å². The molecule has 1 fully saturated rings. The normalized spacial score (nSPS) is 23.2. The van der Waals surface area contributed by atoms with Gasteiger partial charge in [0.15, 0.2) is 15.6 Å². The zero-order valence-electron chi connectivity index (χ0n) is 15.5. The van der Waals surface area contributed by atoms with Gasteiger partial charge in [-0.1, -0.05) is 6.92 Å². The number of amides is 2. The van der Waals surface area contributed by atoms with Crippen LogP contribution in [0.4, 0.5) is 5.00 Å². The van der Waals surface area contributed by atoms with Crippen molar-refractivity contribution in [2.24, 2.45) is 5.92 Å². The summed E-state index contributed by atoms with van der Waals surface area (Å²) in [6.07, 6.45) is 4.47. The van der Waals surface area contributed by atoms with Gasteiger partial charge in [0.1, 0.15) is 5.00 Å². The van der Waals surface area contributed by atoms with Crippen LogP contribution in [0.2, 0.25) is 0 Å². The average Bonchev–Trinajstić information content (AvgIpc) is 3.33. The first-order chi connectivity index (χ1) is 13.3. The first-order valence-corrected chi connectivity index (χ1v) is 12.0. The smallest absolute Gasteiger partial charge is 0.291 e. The van der Waals surface area contributed by atoms with Crippen molar-refractivity contribution in [3.8, 4) is 0 Å². The minimum Gasteiger partial charge on any atom is -0.459 e. The van der Waals surface area contributed by atoms with Gasteiger partial charge in [-0.15, -0.1) is 11.3 Å². The molecule has 2 atom stereocenters. The number of fused-ring (bicyclic) bond motifs is 1. The molecule has 7 nitrogen and oxygen atoms in total. The fourth-order valence-corrected chi connectivity index (χ4v) is 6.89. The maximum absolute atomic E-state index is 13.0. The first kappa shape index (κ1) is 19.2. The third kappa shape index (κ3) is 3.86. The Bertz CT molecular complexity index is 1010. The van der Waals surface area contributed by atoms with E-state index in [4.69, 9.17) is 4.42 Å². The number of sulfone groups is 1. The molecule has 0 bridgehead atoms. The van der Waals surface area contributed by atoms with Crippen LogP contribution in [0.5, 0.6) is 0 Å². The van der Waals surface area contributed by atoms with Crippen LogP contribution in [0.3, 0.4) is 0 Å². The first-order valence-electron chi connectivity index (χ1n) is 9.33. The molecule has 0 saturated carbocycles. The van der Waals surface area contributed by atoms with Gasteiger partial charge >= 0.3 is 0 Å². The van der Waals surface area contributed by atoms with Gasteiger partial charge in [-0.25, -0.2) is 8.42 Å². The Balaban J connectivity index is 1.62. The molecule has 0 spiro atoms. The SMILES string of the molecule is C[C@@H]1CCc2c(sc(NC(=O)c3ccco3)c2C(=O)N[C@H]2CCS(=O)(=O)C2)C1. The molecule has 2 amide bonds. The van der Waals surface area contributed by atoms with Crippen molar-refractivity contribution >= 4 is 38.0 Å². The summed E-state index contributed by atoms with van der Waals surface area (Å²) in [6.45, 7) is 2.17. The van der Waals surface area contributed by atoms with Gasteiger partial charge in [0, 0.05) is 10.9 Å². The van der Waals surface area contributed by atoms with Crippen molar-refractivity contribution in [2.45, 2.75) is 38.6 Å². The number of hydrogen-bond donors (Lipinski definition) is 2. The number of furan rings is 1. The molecule has 150 valence electrons. The third-order valence-electron chi connectivity index (χ3n) is 5.28. The molecule has 2 aliphatic rings. The van der Waals surface area contributed by atoms with E-state index in [0.29, 0.717) is 22.9 Å². The number of hydrogen-bond acceptors (Lipinski definition) is 6. The minimum atomic E-state index is -3.09. The van der Waals surface area contributed by atoms with E-state index < -0.39 is 15.7 Å². The maximum atomic E-state index is 13.0. The zero-order valence-corrected chi connectivity index (χ0v) is 17.1. The van der Waals surface area contributed by atoms with E-state index in [-0.39, 0.29) is 29.2 Å². The highest BCUT2D eigenvalue weighted by Gasteiger charge is 2.33. The molecule has 4 rings (SSSR count). The van der Waals surface area contributed by atoms with Crippen molar-refractivity contribution in [1.29, 1.82) is 0 Å². The number of carbonyl (C=O) groups excluding carboxylic acids is 2. The molecule has 9 heteroatoms. The quantitative estimate of drug-likeness (QED) is 0.788. The Hall–Kier alpha value is -2.13. The average molecular weight is 423 g/mol. The number of anilines is 1. The largest absolute Gasteiger partial charge is 0.459 e. The molecule has 2 N–H and O–H groups in total. The summed E-state index contributed by atoms with van der Waals surface area (Å²) in [7, 11) is -3.09. The second kappa shape index (κ2) is 7.36. The number of thiophene rings is 1. The van der Waals surface area contributed by atoms with Crippen molar-refractivity contribution < 1.29 is 22.4 Å². The van der Waals surface area contributed by atoms with Crippen LogP contribution in [-0.2, 0) is 22.7 Å². The zero-order chi connectivity index (χ0) is 19.9. The minimum absolute atomic E-state index is 0.0316. The van der Waals surface area contributed by atoms with Crippen LogP contribution in [0.25, 0.3) is 0 Å². The Morgan fingerprint density at radius 1 is 1.25 bits per heavy atom. The molecular weight excluding hydrogens is 400 g/mol. The molecular formula is C19H22N2O5S2. The van der Waals surface area contributed by atoms with E-state index in [1.807, 2.05) is 0 Å². The molecule has 0 radical (unpaired) electrons. The fourth-order valence-electron chi connectivity index (χ4n) is 3.82. The van der Waals surface area contributed by atoms with Crippen LogP contribution in [0, 0.1) is 5.92 Å². The summed E-state index contributed by atoms with van der Waals surface area (Å²) >= 11 is 1.42. The highest BCUT2D eigenvalue weighted by molar-refractivity contribution is 7.91. The monoisotopic (exact) mass is 422 g/mol. The maximum Gasteiger partial charge on any atom is 0.291 e. The van der Waals surface area contributed by atoms with Gasteiger partial charge in [-0.3, -0.25) is 9.59 Å². The molecule has 28 heavy (non-hydrogen) atoms. The van der Waals surface area contributed by atoms with Crippen LogP contribution in [0.15, 0.2) is 22.8 Å². The number of carbonyl (C=O) groups is 2. The van der Waals surface area contributed by atoms with Crippen molar-refractivity contribution in [3.63, 3.8) is 0 Å². The predicted octanol–water partition coefficient (Wildman–Crippen LogP) is 2.64. The summed E-state index contributed by atoms with van der Waals surface area (Å²) in [6, 6.07) is 2.81. The van der Waals surface area contributed by atoms with Crippen molar-refractivity contribution in [3.05, 3.63) is 40.2 Å². The molecule has 3 heterocycles. The van der Waals surface area contributed by atoms with Gasteiger partial charge in [-0.2, -0.15) is 0 Å². The fraction of sp³-hybridized carbons (Fsp3) is 0.474. The standard InChI is InChI=1S/C19H22N2O5S2/c1-11-4-5-13-15(9-11)27-19(21-17(22)14-3-2-7-26-14)16(13)18(23)20-12-6-8-28(24,25)10-12/h2-3,7,11-12H,4-6,8-10H2,1H3,(H,20,23)(H,21,22)/t11-,12+/m1/s1. The van der Waals surface area contributed by atoms with E-state index in [1.165, 1.54) is 17.6 Å². The Labute approximate surface area is 167 Å². The Kier molecular flexibility index (Phi) is 5.05. The van der Waals surface area contributed by atoms with E-state index >= 15 is 0 Å². The summed E-state index contributed by atoms with van der Waals surface area (Å²) < 4.78 is 28.6. The van der Waals surface area contributed by atoms with Gasteiger partial charge in [0.25, 0.3) is 11.8 Å². The Morgan fingerprint density at radius 2 is 2.07 bits per heavy atom. The third-order valence-corrected chi connectivity index (χ3v) is 8.22. The summed E-state index contributed by atoms with van der Waals surface area (Å²) in [5.74, 6) is 0.0387. The highest BCUT2D eigenvalue weighted by atomic mass is 32.2. The lowest BCUT2D eigenvalue weighted by atomic mass is 9.88. The van der Waals surface area contributed by atoms with E-state index in [2.05, 4.69) is 17.6 Å². The van der Waals surface area contributed by atoms with Crippen LogP contribution < -0.4 is 10.6 Å². The van der Waals surface area contributed by atoms with E-state index in [0.717, 1.165) is 29.7 Å². The molecule has 0 unspecified atom stereocenters. The predicted molar refractivity (Wildman–Crippen MR) is 107 cm³/mol. The lowest BCUT2D eigenvalue weighted by Gasteiger charge is -2.19. The lowest BCUT2D eigenvalue weighted by molar-refractivity contribution is 0.0941. The van der Waals surface area contributed by atoms with Crippen molar-refractivity contribution in [1.82, 2.24) is 5.32 Å². The molecule has 2 aromatic rings. The highest BCUT2D eigenvalue weighted by Crippen LogP contribution is 2.40. The second-order valence-electron chi connectivity index (χ2n) is 7.56. The summed E-state index contributed by atoms with van der Waals surface area (Å²) in [5, 5.41) is 6.17. The van der Waals surface area contributed by atoms with Crippen LogP contribution in [-0.4, -0.2) is 37.8 Å². The molecule has 0 aromatic carbocycles. The van der Waals surface area contributed by atoms with Gasteiger partial charge < -0.3 is 15.1 Å². The molecule has 1 aliphatic carbocycles. The van der Waals surface area contributed by atoms with Gasteiger partial charge in [-0.05, 0) is 49.3 Å². The number of rotatable bonds is 4. The lowest BCUT2D eigenvalue weighted by Crippen LogP contribution is -2.36. The summed E-state index contributed by atoms with van der Waals surface area (Å²) in [5.41, 5.74) is 1.44. The van der Waals surface area contributed by atoms with Crippen LogP contribution in [0.1, 0.15) is 51.1 Å². The number of nitrogens with one attached hydrogen (secondary N) is 2. The van der Waals surface area contributed by atoms with Crippen molar-refractivity contribution in [2.75, 3.05) is 16.8 Å². The Morgan fingerprint density at radius 3 is 2.75 bits per heavy atom. The van der Waals surface area contributed by atoms with Crippen LogP contribution >= 0.6 is 11.3 Å². The molecule has 1 aliphatic heterocycles. The topological polar surface area (TPSA) is 105 Å². The molecule has 1 saturated heterocycles. The van der Waals surface area contributed by atoms with Gasteiger partial charge in [0.05, 0.1) is 23.3 Å². The van der Waals surface area contributed by atoms with E-state index in [1.54, 1.807) is 12.1 Å². The second-order valence-corrected chi connectivity index (χ2v) is 10.9. The van der Waals surface area contributed by atoms with E-state index in [9.17, 15) is 18.0 Å². The molecule has 2 aromatic heterocycles. The summed E-state index contributed by atoms with van der Waals surface area (Å²) in [4.78, 5) is 26.6.